The molecule has 3 heterocycles. The number of hydrogen-bond donors (Lipinski definition) is 0. The fraction of sp³-hybridized carbons (Fsp3) is 0.640. The molecule has 160 valence electrons. The second-order valence-electron chi connectivity index (χ2n) is 8.26. The Hall–Kier alpha value is -1.23. The highest BCUT2D eigenvalue weighted by Crippen LogP contribution is 2.35. The van der Waals surface area contributed by atoms with Gasteiger partial charge in [0.15, 0.2) is 6.29 Å². The smallest absolute Gasteiger partial charge is 0.193 e. The van der Waals surface area contributed by atoms with Gasteiger partial charge in [0.2, 0.25) is 0 Å². The van der Waals surface area contributed by atoms with E-state index in [9.17, 15) is 0 Å². The van der Waals surface area contributed by atoms with E-state index in [1.165, 1.54) is 73.9 Å². The molecule has 0 unspecified atom stereocenters. The number of hydrogen-bond acceptors (Lipinski definition) is 4. The van der Waals surface area contributed by atoms with Crippen molar-refractivity contribution in [3.8, 4) is 10.4 Å². The van der Waals surface area contributed by atoms with Crippen LogP contribution in [0.2, 0.25) is 0 Å². The van der Waals surface area contributed by atoms with Crippen LogP contribution < -0.4 is 0 Å². The fourth-order valence-electron chi connectivity index (χ4n) is 3.82. The van der Waals surface area contributed by atoms with Crippen molar-refractivity contribution in [3.05, 3.63) is 41.0 Å². The summed E-state index contributed by atoms with van der Waals surface area (Å²) in [5.74, 6) is 0.552. The van der Waals surface area contributed by atoms with Crippen molar-refractivity contribution in [1.29, 1.82) is 0 Å². The van der Waals surface area contributed by atoms with Crippen LogP contribution in [0.5, 0.6) is 0 Å². The SMILES string of the molecule is CCCCCCCc1ccc(-c2ccc(C3OCC(CCCCC)CO3)s2)cn1. The minimum Gasteiger partial charge on any atom is -0.347 e. The summed E-state index contributed by atoms with van der Waals surface area (Å²) in [4.78, 5) is 7.08. The summed E-state index contributed by atoms with van der Waals surface area (Å²) < 4.78 is 12.0. The maximum Gasteiger partial charge on any atom is 0.193 e. The largest absolute Gasteiger partial charge is 0.347 e. The standard InChI is InChI=1S/C25H37NO2S/c1-3-5-7-8-10-12-22-14-13-21(17-26-22)23-15-16-24(29-23)25-27-18-20(19-28-25)11-9-6-4-2/h13-17,20,25H,3-12,18-19H2,1-2H3. The van der Waals surface area contributed by atoms with Crippen LogP contribution in [0.25, 0.3) is 10.4 Å². The van der Waals surface area contributed by atoms with Crippen LogP contribution in [0, 0.1) is 5.92 Å². The van der Waals surface area contributed by atoms with Crippen molar-refractivity contribution < 1.29 is 9.47 Å². The summed E-state index contributed by atoms with van der Waals surface area (Å²) >= 11 is 1.76. The normalized spacial score (nSPS) is 19.5. The lowest BCUT2D eigenvalue weighted by Crippen LogP contribution is -2.26. The first kappa shape index (κ1) is 22.5. The van der Waals surface area contributed by atoms with E-state index in [0.29, 0.717) is 5.92 Å². The summed E-state index contributed by atoms with van der Waals surface area (Å²) in [7, 11) is 0. The van der Waals surface area contributed by atoms with Gasteiger partial charge in [-0.05, 0) is 37.5 Å². The number of unbranched alkanes of at least 4 members (excludes halogenated alkanes) is 6. The average Bonchev–Trinajstić information content (AvgIpc) is 3.25. The zero-order valence-electron chi connectivity index (χ0n) is 18.2. The van der Waals surface area contributed by atoms with E-state index in [2.05, 4.69) is 43.1 Å². The van der Waals surface area contributed by atoms with Gasteiger partial charge in [0.1, 0.15) is 0 Å². The topological polar surface area (TPSA) is 31.4 Å². The van der Waals surface area contributed by atoms with Crippen molar-refractivity contribution in [1.82, 2.24) is 4.98 Å². The lowest BCUT2D eigenvalue weighted by atomic mass is 10.0. The second-order valence-corrected chi connectivity index (χ2v) is 9.38. The van der Waals surface area contributed by atoms with E-state index >= 15 is 0 Å². The van der Waals surface area contributed by atoms with Crippen molar-refractivity contribution in [2.24, 2.45) is 5.92 Å². The van der Waals surface area contributed by atoms with Crippen LogP contribution >= 0.6 is 11.3 Å². The third-order valence-electron chi connectivity index (χ3n) is 5.69. The fourth-order valence-corrected chi connectivity index (χ4v) is 4.82. The molecule has 0 amide bonds. The number of rotatable bonds is 12. The number of nitrogens with zero attached hydrogens (tertiary/aromatic N) is 1. The highest BCUT2D eigenvalue weighted by molar-refractivity contribution is 7.15. The zero-order chi connectivity index (χ0) is 20.3. The second kappa shape index (κ2) is 12.5. The van der Waals surface area contributed by atoms with Gasteiger partial charge in [0.25, 0.3) is 0 Å². The molecule has 3 nitrogen and oxygen atoms in total. The van der Waals surface area contributed by atoms with Crippen LogP contribution in [0.4, 0.5) is 0 Å². The Balaban J connectivity index is 1.46. The van der Waals surface area contributed by atoms with Gasteiger partial charge in [-0.1, -0.05) is 64.9 Å². The maximum absolute atomic E-state index is 6.02. The minimum absolute atomic E-state index is 0.202. The number of pyridine rings is 1. The van der Waals surface area contributed by atoms with Crippen LogP contribution in [0.1, 0.15) is 88.5 Å². The Morgan fingerprint density at radius 2 is 1.66 bits per heavy atom. The molecule has 1 fully saturated rings. The first-order valence-electron chi connectivity index (χ1n) is 11.6. The molecule has 0 atom stereocenters. The molecule has 4 heteroatoms. The molecule has 2 aromatic rings. The predicted molar refractivity (Wildman–Crippen MR) is 122 cm³/mol. The third-order valence-corrected chi connectivity index (χ3v) is 6.84. The van der Waals surface area contributed by atoms with Gasteiger partial charge in [-0.25, -0.2) is 0 Å². The number of thiophene rings is 1. The lowest BCUT2D eigenvalue weighted by molar-refractivity contribution is -0.204. The average molecular weight is 416 g/mol. The Labute approximate surface area is 180 Å². The molecule has 0 N–H and O–H groups in total. The van der Waals surface area contributed by atoms with Gasteiger partial charge in [0.05, 0.1) is 18.1 Å². The molecule has 0 saturated carbocycles. The molecule has 1 aliphatic rings. The Morgan fingerprint density at radius 3 is 2.38 bits per heavy atom. The highest BCUT2D eigenvalue weighted by Gasteiger charge is 2.24. The Morgan fingerprint density at radius 1 is 0.897 bits per heavy atom. The molecule has 0 spiro atoms. The molecule has 29 heavy (non-hydrogen) atoms. The predicted octanol–water partition coefficient (Wildman–Crippen LogP) is 7.56. The first-order valence-corrected chi connectivity index (χ1v) is 12.4. The number of aryl methyl sites for hydroxylation is 1. The number of ether oxygens (including phenoxy) is 2. The first-order chi connectivity index (χ1) is 14.3. The van der Waals surface area contributed by atoms with Crippen LogP contribution in [0.3, 0.4) is 0 Å². The van der Waals surface area contributed by atoms with Gasteiger partial charge >= 0.3 is 0 Å². The van der Waals surface area contributed by atoms with Gasteiger partial charge in [0, 0.05) is 28.2 Å². The quantitative estimate of drug-likeness (QED) is 0.335. The molecule has 3 rings (SSSR count). The molecule has 0 aromatic carbocycles. The molecule has 2 aromatic heterocycles. The van der Waals surface area contributed by atoms with Crippen LogP contribution in [-0.2, 0) is 15.9 Å². The molecule has 0 aliphatic carbocycles. The lowest BCUT2D eigenvalue weighted by Gasteiger charge is -2.28. The molecular formula is C25H37NO2S. The zero-order valence-corrected chi connectivity index (χ0v) is 19.0. The van der Waals surface area contributed by atoms with E-state index < -0.39 is 0 Å². The molecule has 0 radical (unpaired) electrons. The van der Waals surface area contributed by atoms with Crippen molar-refractivity contribution in [3.63, 3.8) is 0 Å². The summed E-state index contributed by atoms with van der Waals surface area (Å²) in [6, 6.07) is 8.70. The van der Waals surface area contributed by atoms with Gasteiger partial charge in [-0.15, -0.1) is 11.3 Å². The van der Waals surface area contributed by atoms with Gasteiger partial charge < -0.3 is 9.47 Å². The minimum atomic E-state index is -0.202. The Kier molecular flexibility index (Phi) is 9.65. The van der Waals surface area contributed by atoms with E-state index in [4.69, 9.17) is 9.47 Å². The highest BCUT2D eigenvalue weighted by atomic mass is 32.1. The summed E-state index contributed by atoms with van der Waals surface area (Å²) in [5.41, 5.74) is 2.39. The maximum atomic E-state index is 6.02. The van der Waals surface area contributed by atoms with Gasteiger partial charge in [-0.3, -0.25) is 4.98 Å². The third kappa shape index (κ3) is 7.20. The molecule has 1 aliphatic heterocycles. The van der Waals surface area contributed by atoms with E-state index in [1.54, 1.807) is 11.3 Å². The van der Waals surface area contributed by atoms with Crippen molar-refractivity contribution >= 4 is 11.3 Å². The van der Waals surface area contributed by atoms with Crippen molar-refractivity contribution in [2.75, 3.05) is 13.2 Å². The Bertz CT molecular complexity index is 689. The monoisotopic (exact) mass is 415 g/mol. The molecule has 1 saturated heterocycles. The van der Waals surface area contributed by atoms with Crippen LogP contribution in [0.15, 0.2) is 30.5 Å². The number of aromatic nitrogens is 1. The van der Waals surface area contributed by atoms with E-state index in [1.807, 2.05) is 6.20 Å². The molecular weight excluding hydrogens is 378 g/mol. The van der Waals surface area contributed by atoms with Gasteiger partial charge in [-0.2, -0.15) is 0 Å². The summed E-state index contributed by atoms with van der Waals surface area (Å²) in [6.07, 6.45) is 14.5. The van der Waals surface area contributed by atoms with E-state index in [-0.39, 0.29) is 6.29 Å². The summed E-state index contributed by atoms with van der Waals surface area (Å²) in [5, 5.41) is 0. The van der Waals surface area contributed by atoms with Crippen molar-refractivity contribution in [2.45, 2.75) is 84.3 Å². The molecule has 0 bridgehead atoms. The summed E-state index contributed by atoms with van der Waals surface area (Å²) in [6.45, 7) is 6.14. The van der Waals surface area contributed by atoms with Crippen LogP contribution in [-0.4, -0.2) is 18.2 Å². The van der Waals surface area contributed by atoms with E-state index in [0.717, 1.165) is 24.5 Å².